The van der Waals surface area contributed by atoms with Gasteiger partial charge < -0.3 is 15.5 Å². The van der Waals surface area contributed by atoms with E-state index in [-0.39, 0.29) is 35.9 Å². The number of carbonyl (C=O) groups is 1. The van der Waals surface area contributed by atoms with E-state index in [1.54, 1.807) is 7.05 Å². The van der Waals surface area contributed by atoms with Crippen LogP contribution in [0.2, 0.25) is 0 Å². The molecule has 2 heterocycles. The van der Waals surface area contributed by atoms with Crippen LogP contribution >= 0.6 is 24.0 Å². The Labute approximate surface area is 190 Å². The van der Waals surface area contributed by atoms with Crippen molar-refractivity contribution < 1.29 is 4.79 Å². The minimum absolute atomic E-state index is 0. The van der Waals surface area contributed by atoms with Gasteiger partial charge in [0.2, 0.25) is 5.91 Å². The first-order valence-corrected chi connectivity index (χ1v) is 9.93. The molecule has 7 nitrogen and oxygen atoms in total. The molecule has 0 bridgehead atoms. The fraction of sp³-hybridized carbons (Fsp3) is 0.476. The minimum atomic E-state index is 0. The van der Waals surface area contributed by atoms with Gasteiger partial charge in [-0.05, 0) is 25.0 Å². The molecule has 8 heteroatoms. The molecule has 0 saturated carbocycles. The summed E-state index contributed by atoms with van der Waals surface area (Å²) in [5.41, 5.74) is 4.54. The smallest absolute Gasteiger partial charge is 0.229 e. The van der Waals surface area contributed by atoms with E-state index >= 15 is 0 Å². The third kappa shape index (κ3) is 5.29. The summed E-state index contributed by atoms with van der Waals surface area (Å²) in [6, 6.07) is 9.83. The molecule has 3 rings (SSSR count). The zero-order chi connectivity index (χ0) is 20.1. The largest absolute Gasteiger partial charge is 0.352 e. The summed E-state index contributed by atoms with van der Waals surface area (Å²) in [4.78, 5) is 18.6. The van der Waals surface area contributed by atoms with Gasteiger partial charge in [0.05, 0.1) is 11.7 Å². The third-order valence-corrected chi connectivity index (χ3v) is 5.22. The lowest BCUT2D eigenvalue weighted by atomic mass is 10.1. The maximum Gasteiger partial charge on any atom is 0.229 e. The zero-order valence-electron chi connectivity index (χ0n) is 17.6. The fourth-order valence-electron chi connectivity index (χ4n) is 3.82. The number of aliphatic imine (C=N–C) groups is 1. The van der Waals surface area contributed by atoms with Gasteiger partial charge in [-0.25, -0.2) is 0 Å². The molecular weight excluding hydrogens is 479 g/mol. The highest BCUT2D eigenvalue weighted by Crippen LogP contribution is 2.21. The Morgan fingerprint density at radius 1 is 1.24 bits per heavy atom. The molecule has 2 N–H and O–H groups in total. The van der Waals surface area contributed by atoms with Crippen molar-refractivity contribution in [3.63, 3.8) is 0 Å². The summed E-state index contributed by atoms with van der Waals surface area (Å²) >= 11 is 0. The number of anilines is 1. The molecular formula is C21H31IN6O. The van der Waals surface area contributed by atoms with Gasteiger partial charge in [-0.15, -0.1) is 24.0 Å². The Bertz CT molecular complexity index is 848. The van der Waals surface area contributed by atoms with Crippen LogP contribution in [-0.4, -0.2) is 41.3 Å². The van der Waals surface area contributed by atoms with Gasteiger partial charge in [-0.3, -0.25) is 14.5 Å². The van der Waals surface area contributed by atoms with Gasteiger partial charge in [0.25, 0.3) is 0 Å². The predicted molar refractivity (Wildman–Crippen MR) is 128 cm³/mol. The molecule has 1 aromatic carbocycles. The number of aryl methyl sites for hydroxylation is 2. The van der Waals surface area contributed by atoms with E-state index in [0.717, 1.165) is 24.2 Å². The summed E-state index contributed by atoms with van der Waals surface area (Å²) < 4.78 is 1.97. The Balaban J connectivity index is 0.00000300. The predicted octanol–water partition coefficient (Wildman–Crippen LogP) is 2.63. The number of rotatable bonds is 6. The van der Waals surface area contributed by atoms with Crippen molar-refractivity contribution in [2.24, 2.45) is 12.0 Å². The van der Waals surface area contributed by atoms with Crippen LogP contribution in [0.3, 0.4) is 0 Å². The number of amides is 1. The molecule has 0 spiro atoms. The lowest BCUT2D eigenvalue weighted by molar-refractivity contribution is -0.117. The van der Waals surface area contributed by atoms with Crippen LogP contribution < -0.4 is 15.5 Å². The van der Waals surface area contributed by atoms with Crippen molar-refractivity contribution in [1.29, 1.82) is 0 Å². The standard InChI is InChI=1S/C21H30N6O.HI/c1-5-18-17(19(6-2)26(4)25-18)13-23-21(22-3)24-15-12-20(28)27(14-15)16-10-8-7-9-11-16;/h7-11,15H,5-6,12-14H2,1-4H3,(H2,22,23,24);1H. The van der Waals surface area contributed by atoms with E-state index in [4.69, 9.17) is 0 Å². The van der Waals surface area contributed by atoms with E-state index in [1.165, 1.54) is 11.3 Å². The normalized spacial score (nSPS) is 16.7. The van der Waals surface area contributed by atoms with Gasteiger partial charge in [0.15, 0.2) is 5.96 Å². The van der Waals surface area contributed by atoms with Gasteiger partial charge in [-0.2, -0.15) is 5.10 Å². The number of nitrogens with one attached hydrogen (secondary N) is 2. The molecule has 1 aromatic heterocycles. The van der Waals surface area contributed by atoms with E-state index < -0.39 is 0 Å². The monoisotopic (exact) mass is 510 g/mol. The molecule has 158 valence electrons. The molecule has 29 heavy (non-hydrogen) atoms. The van der Waals surface area contributed by atoms with Crippen LogP contribution in [0, 0.1) is 0 Å². The number of guanidine groups is 1. The molecule has 1 unspecified atom stereocenters. The highest BCUT2D eigenvalue weighted by Gasteiger charge is 2.31. The summed E-state index contributed by atoms with van der Waals surface area (Å²) in [5.74, 6) is 0.841. The molecule has 2 aromatic rings. The van der Waals surface area contributed by atoms with Crippen LogP contribution in [0.4, 0.5) is 5.69 Å². The summed E-state index contributed by atoms with van der Waals surface area (Å²) in [5, 5.41) is 11.4. The Hall–Kier alpha value is -2.10. The first kappa shape index (κ1) is 23.2. The van der Waals surface area contributed by atoms with E-state index in [1.807, 2.05) is 47.0 Å². The minimum Gasteiger partial charge on any atom is -0.352 e. The van der Waals surface area contributed by atoms with Crippen LogP contribution in [0.1, 0.15) is 37.2 Å². The quantitative estimate of drug-likeness (QED) is 0.356. The lowest BCUT2D eigenvalue weighted by Crippen LogP contribution is -2.44. The first-order valence-electron chi connectivity index (χ1n) is 9.93. The highest BCUT2D eigenvalue weighted by molar-refractivity contribution is 14.0. The first-order chi connectivity index (χ1) is 13.6. The Kier molecular flexibility index (Phi) is 8.48. The second-order valence-electron chi connectivity index (χ2n) is 7.01. The molecule has 1 saturated heterocycles. The van der Waals surface area contributed by atoms with Crippen LogP contribution in [0.5, 0.6) is 0 Å². The molecule has 1 aliphatic rings. The topological polar surface area (TPSA) is 74.5 Å². The van der Waals surface area contributed by atoms with Crippen molar-refractivity contribution in [2.45, 2.75) is 45.7 Å². The number of aromatic nitrogens is 2. The molecule has 0 aliphatic carbocycles. The average Bonchev–Trinajstić information content (AvgIpc) is 3.24. The molecule has 0 radical (unpaired) electrons. The average molecular weight is 510 g/mol. The van der Waals surface area contributed by atoms with Crippen LogP contribution in [-0.2, 0) is 31.2 Å². The number of halogens is 1. The number of para-hydroxylation sites is 1. The zero-order valence-corrected chi connectivity index (χ0v) is 19.9. The van der Waals surface area contributed by atoms with Crippen molar-refractivity contribution >= 4 is 41.5 Å². The number of carbonyl (C=O) groups excluding carboxylic acids is 1. The maximum atomic E-state index is 12.4. The summed E-state index contributed by atoms with van der Waals surface area (Å²) in [6.45, 7) is 5.58. The summed E-state index contributed by atoms with van der Waals surface area (Å²) in [6.07, 6.45) is 2.30. The molecule has 1 fully saturated rings. The SMILES string of the molecule is CCc1nn(C)c(CC)c1CNC(=NC)NC1CC(=O)N(c2ccccc2)C1.I. The van der Waals surface area contributed by atoms with Crippen molar-refractivity contribution in [2.75, 3.05) is 18.5 Å². The van der Waals surface area contributed by atoms with Gasteiger partial charge in [0, 0.05) is 50.6 Å². The van der Waals surface area contributed by atoms with Gasteiger partial charge >= 0.3 is 0 Å². The number of hydrogen-bond acceptors (Lipinski definition) is 3. The van der Waals surface area contributed by atoms with Crippen molar-refractivity contribution in [1.82, 2.24) is 20.4 Å². The highest BCUT2D eigenvalue weighted by atomic mass is 127. The van der Waals surface area contributed by atoms with E-state index in [9.17, 15) is 4.79 Å². The van der Waals surface area contributed by atoms with Gasteiger partial charge in [-0.1, -0.05) is 32.0 Å². The third-order valence-electron chi connectivity index (χ3n) is 5.22. The van der Waals surface area contributed by atoms with Crippen molar-refractivity contribution in [3.05, 3.63) is 47.3 Å². The number of benzene rings is 1. The summed E-state index contributed by atoms with van der Waals surface area (Å²) in [7, 11) is 3.75. The van der Waals surface area contributed by atoms with Crippen LogP contribution in [0.15, 0.2) is 35.3 Å². The Morgan fingerprint density at radius 3 is 2.59 bits per heavy atom. The van der Waals surface area contributed by atoms with Crippen molar-refractivity contribution in [3.8, 4) is 0 Å². The lowest BCUT2D eigenvalue weighted by Gasteiger charge is -2.19. The molecule has 1 atom stereocenters. The number of nitrogens with zero attached hydrogens (tertiary/aromatic N) is 4. The Morgan fingerprint density at radius 2 is 1.97 bits per heavy atom. The number of hydrogen-bond donors (Lipinski definition) is 2. The maximum absolute atomic E-state index is 12.4. The fourth-order valence-corrected chi connectivity index (χ4v) is 3.82. The van der Waals surface area contributed by atoms with Gasteiger partial charge in [0.1, 0.15) is 0 Å². The molecule has 1 aliphatic heterocycles. The van der Waals surface area contributed by atoms with E-state index in [2.05, 4.69) is 34.6 Å². The molecule has 1 amide bonds. The second kappa shape index (κ2) is 10.6. The second-order valence-corrected chi connectivity index (χ2v) is 7.01. The van der Waals surface area contributed by atoms with Crippen LogP contribution in [0.25, 0.3) is 0 Å². The van der Waals surface area contributed by atoms with E-state index in [0.29, 0.717) is 25.5 Å².